The van der Waals surface area contributed by atoms with E-state index in [-0.39, 0.29) is 10.3 Å². The van der Waals surface area contributed by atoms with Gasteiger partial charge in [0.05, 0.1) is 18.1 Å². The maximum atomic E-state index is 11.2. The maximum absolute atomic E-state index is 11.2. The molecule has 0 saturated heterocycles. The fourth-order valence-electron chi connectivity index (χ4n) is 4.69. The normalized spacial score (nSPS) is 20.7. The average Bonchev–Trinajstić information content (AvgIpc) is 2.82. The van der Waals surface area contributed by atoms with Crippen LogP contribution in [0, 0.1) is 6.92 Å². The quantitative estimate of drug-likeness (QED) is 0.456. The van der Waals surface area contributed by atoms with Crippen LogP contribution < -0.4 is 10.4 Å². The largest absolute Gasteiger partial charge is 0.493 e. The average molecular weight is 491 g/mol. The summed E-state index contributed by atoms with van der Waals surface area (Å²) >= 11 is 1.66. The summed E-state index contributed by atoms with van der Waals surface area (Å²) < 4.78 is 12.9. The van der Waals surface area contributed by atoms with Gasteiger partial charge < -0.3 is 14.3 Å². The molecule has 0 spiro atoms. The highest BCUT2D eigenvalue weighted by Crippen LogP contribution is 2.38. The van der Waals surface area contributed by atoms with Crippen molar-refractivity contribution in [2.45, 2.75) is 55.1 Å². The van der Waals surface area contributed by atoms with E-state index >= 15 is 0 Å². The van der Waals surface area contributed by atoms with E-state index in [4.69, 9.17) is 9.16 Å². The molecule has 3 aromatic rings. The van der Waals surface area contributed by atoms with E-state index in [9.17, 15) is 5.11 Å². The molecule has 0 bridgehead atoms. The zero-order valence-electron chi connectivity index (χ0n) is 20.3. The molecule has 0 radical (unpaired) electrons. The van der Waals surface area contributed by atoms with Crippen LogP contribution >= 0.6 is 11.8 Å². The molecule has 0 aliphatic carbocycles. The number of hydrogen-bond donors (Lipinski definition) is 1. The van der Waals surface area contributed by atoms with Crippen molar-refractivity contribution < 1.29 is 14.3 Å². The van der Waals surface area contributed by atoms with Gasteiger partial charge in [0, 0.05) is 4.90 Å². The van der Waals surface area contributed by atoms with Gasteiger partial charge in [-0.25, -0.2) is 0 Å². The first-order valence-corrected chi connectivity index (χ1v) is 14.6. The fraction of sp³-hybridized carbons (Fsp3) is 0.310. The Bertz CT molecular complexity index is 1060. The first-order valence-electron chi connectivity index (χ1n) is 11.8. The predicted octanol–water partition coefficient (Wildman–Crippen LogP) is 5.31. The highest BCUT2D eigenvalue weighted by atomic mass is 32.2. The molecule has 0 unspecified atom stereocenters. The van der Waals surface area contributed by atoms with Crippen LogP contribution in [0.25, 0.3) is 0 Å². The third-order valence-corrected chi connectivity index (χ3v) is 12.6. The van der Waals surface area contributed by atoms with Gasteiger partial charge in [0.15, 0.2) is 0 Å². The molecule has 3 aromatic carbocycles. The van der Waals surface area contributed by atoms with Crippen LogP contribution in [0.2, 0.25) is 5.04 Å². The number of benzene rings is 3. The third kappa shape index (κ3) is 5.18. The Morgan fingerprint density at radius 1 is 0.912 bits per heavy atom. The molecule has 178 valence electrons. The van der Waals surface area contributed by atoms with Crippen LogP contribution in [0.4, 0.5) is 0 Å². The minimum atomic E-state index is -2.69. The van der Waals surface area contributed by atoms with Crippen LogP contribution in [0.3, 0.4) is 0 Å². The van der Waals surface area contributed by atoms with Crippen LogP contribution in [-0.2, 0) is 9.16 Å². The van der Waals surface area contributed by atoms with E-state index < -0.39 is 20.5 Å². The van der Waals surface area contributed by atoms with E-state index in [1.54, 1.807) is 18.0 Å². The number of thioether (sulfide) groups is 1. The lowest BCUT2D eigenvalue weighted by Gasteiger charge is -2.44. The SMILES string of the molecule is Cc1cccc(S[C@H]2C=CO[C@H](CO[Si](c3ccccc3)(c3ccccc3)C(C)(C)C)[C@@H]2O)c1. The van der Waals surface area contributed by atoms with Gasteiger partial charge in [0.2, 0.25) is 0 Å². The summed E-state index contributed by atoms with van der Waals surface area (Å²) in [6.45, 7) is 9.18. The molecule has 0 fully saturated rings. The summed E-state index contributed by atoms with van der Waals surface area (Å²) in [5.74, 6) is 0. The number of ether oxygens (including phenoxy) is 1. The van der Waals surface area contributed by atoms with Crippen LogP contribution in [0.5, 0.6) is 0 Å². The Kier molecular flexibility index (Phi) is 7.68. The lowest BCUT2D eigenvalue weighted by Crippen LogP contribution is -2.67. The van der Waals surface area contributed by atoms with Crippen LogP contribution in [-0.4, -0.2) is 37.5 Å². The van der Waals surface area contributed by atoms with Crippen LogP contribution in [0.1, 0.15) is 26.3 Å². The smallest absolute Gasteiger partial charge is 0.261 e. The van der Waals surface area contributed by atoms with E-state index in [1.807, 2.05) is 18.2 Å². The van der Waals surface area contributed by atoms with Crippen molar-refractivity contribution >= 4 is 30.5 Å². The Morgan fingerprint density at radius 2 is 1.53 bits per heavy atom. The molecule has 1 heterocycles. The number of aliphatic hydroxyl groups is 1. The molecule has 1 aliphatic rings. The molecule has 0 aromatic heterocycles. The van der Waals surface area contributed by atoms with Gasteiger partial charge in [-0.15, -0.1) is 11.8 Å². The van der Waals surface area contributed by atoms with Crippen molar-refractivity contribution in [3.8, 4) is 0 Å². The lowest BCUT2D eigenvalue weighted by atomic mass is 10.1. The zero-order valence-corrected chi connectivity index (χ0v) is 22.2. The fourth-order valence-corrected chi connectivity index (χ4v) is 10.4. The van der Waals surface area contributed by atoms with Gasteiger partial charge in [0.1, 0.15) is 12.2 Å². The molecule has 3 atom stereocenters. The van der Waals surface area contributed by atoms with E-state index in [0.29, 0.717) is 6.61 Å². The molecule has 1 aliphatic heterocycles. The van der Waals surface area contributed by atoms with Crippen molar-refractivity contribution in [3.05, 3.63) is 103 Å². The van der Waals surface area contributed by atoms with Gasteiger partial charge in [-0.2, -0.15) is 0 Å². The van der Waals surface area contributed by atoms with E-state index in [0.717, 1.165) is 4.90 Å². The number of hydrogen-bond acceptors (Lipinski definition) is 4. The summed E-state index contributed by atoms with van der Waals surface area (Å²) in [5, 5.41) is 13.5. The summed E-state index contributed by atoms with van der Waals surface area (Å²) in [7, 11) is -2.69. The standard InChI is InChI=1S/C29H34O3SSi/c1-22-12-11-13-23(20-22)33-27-18-19-31-26(28(27)30)21-32-34(29(2,3)4,24-14-7-5-8-15-24)25-16-9-6-10-17-25/h5-20,26-28,30H,21H2,1-4H3/t26-,27+,28+/m1/s1. The predicted molar refractivity (Wildman–Crippen MR) is 144 cm³/mol. The maximum Gasteiger partial charge on any atom is 0.261 e. The molecular formula is C29H34O3SSi. The van der Waals surface area contributed by atoms with Gasteiger partial charge in [0.25, 0.3) is 8.32 Å². The molecule has 4 rings (SSSR count). The van der Waals surface area contributed by atoms with Gasteiger partial charge >= 0.3 is 0 Å². The second kappa shape index (κ2) is 10.5. The zero-order chi connectivity index (χ0) is 24.2. The Labute approximate surface area is 209 Å². The highest BCUT2D eigenvalue weighted by Gasteiger charge is 2.51. The molecular weight excluding hydrogens is 456 g/mol. The van der Waals surface area contributed by atoms with Crippen molar-refractivity contribution in [3.63, 3.8) is 0 Å². The lowest BCUT2D eigenvalue weighted by molar-refractivity contribution is -0.0247. The molecule has 0 saturated carbocycles. The molecule has 34 heavy (non-hydrogen) atoms. The van der Waals surface area contributed by atoms with Crippen molar-refractivity contribution in [2.75, 3.05) is 6.61 Å². The van der Waals surface area contributed by atoms with Crippen molar-refractivity contribution in [1.29, 1.82) is 0 Å². The Morgan fingerprint density at radius 3 is 2.09 bits per heavy atom. The van der Waals surface area contributed by atoms with E-state index in [2.05, 4.69) is 100 Å². The Balaban J connectivity index is 1.61. The second-order valence-corrected chi connectivity index (χ2v) is 15.4. The van der Waals surface area contributed by atoms with Gasteiger partial charge in [-0.3, -0.25) is 0 Å². The topological polar surface area (TPSA) is 38.7 Å². The first-order chi connectivity index (χ1) is 16.3. The molecule has 0 amide bonds. The number of rotatable bonds is 7. The monoisotopic (exact) mass is 490 g/mol. The third-order valence-electron chi connectivity index (χ3n) is 6.38. The molecule has 5 heteroatoms. The summed E-state index contributed by atoms with van der Waals surface area (Å²) in [4.78, 5) is 1.14. The summed E-state index contributed by atoms with van der Waals surface area (Å²) in [5.41, 5.74) is 1.21. The summed E-state index contributed by atoms with van der Waals surface area (Å²) in [6, 6.07) is 29.5. The number of aryl methyl sites for hydroxylation is 1. The van der Waals surface area contributed by atoms with Crippen molar-refractivity contribution in [1.82, 2.24) is 0 Å². The highest BCUT2D eigenvalue weighted by molar-refractivity contribution is 8.00. The van der Waals surface area contributed by atoms with Crippen molar-refractivity contribution in [2.24, 2.45) is 0 Å². The number of aliphatic hydroxyl groups excluding tert-OH is 1. The Hall–Kier alpha value is -2.31. The summed E-state index contributed by atoms with van der Waals surface area (Å²) in [6.07, 6.45) is 2.55. The van der Waals surface area contributed by atoms with Crippen LogP contribution in [0.15, 0.2) is 102 Å². The minimum absolute atomic E-state index is 0.0942. The first kappa shape index (κ1) is 24.8. The minimum Gasteiger partial charge on any atom is -0.493 e. The second-order valence-electron chi connectivity index (χ2n) is 9.87. The van der Waals surface area contributed by atoms with Gasteiger partial charge in [-0.1, -0.05) is 99.1 Å². The molecule has 1 N–H and O–H groups in total. The molecule has 3 nitrogen and oxygen atoms in total. The van der Waals surface area contributed by atoms with Gasteiger partial charge in [-0.05, 0) is 40.5 Å². The van der Waals surface area contributed by atoms with E-state index in [1.165, 1.54) is 15.9 Å².